The lowest BCUT2D eigenvalue weighted by molar-refractivity contribution is -0.238. The second kappa shape index (κ2) is 5.83. The van der Waals surface area contributed by atoms with E-state index in [-0.39, 0.29) is 47.1 Å². The van der Waals surface area contributed by atoms with Crippen molar-refractivity contribution in [3.63, 3.8) is 0 Å². The van der Waals surface area contributed by atoms with E-state index in [1.54, 1.807) is 12.5 Å². The summed E-state index contributed by atoms with van der Waals surface area (Å²) in [6, 6.07) is 1.90. The minimum atomic E-state index is -0.913. The van der Waals surface area contributed by atoms with Gasteiger partial charge in [-0.25, -0.2) is 0 Å². The van der Waals surface area contributed by atoms with E-state index in [9.17, 15) is 9.90 Å². The summed E-state index contributed by atoms with van der Waals surface area (Å²) in [5, 5.41) is 11.3. The maximum Gasteiger partial charge on any atom is 0.302 e. The quantitative estimate of drug-likeness (QED) is 0.614. The van der Waals surface area contributed by atoms with Crippen LogP contribution in [0, 0.1) is 22.7 Å². The molecule has 2 aliphatic heterocycles. The predicted octanol–water partition coefficient (Wildman–Crippen LogP) is 3.59. The minimum absolute atomic E-state index is 0.0136. The lowest BCUT2D eigenvalue weighted by Crippen LogP contribution is -2.64. The molecular weight excluding hydrogens is 360 g/mol. The predicted molar refractivity (Wildman–Crippen MR) is 99.0 cm³/mol. The van der Waals surface area contributed by atoms with Gasteiger partial charge in [-0.05, 0) is 44.6 Å². The molecule has 9 atom stereocenters. The van der Waals surface area contributed by atoms with Crippen LogP contribution in [0.1, 0.15) is 65.0 Å². The molecule has 0 radical (unpaired) electrons. The second-order valence-corrected chi connectivity index (χ2v) is 9.75. The Labute approximate surface area is 165 Å². The minimum Gasteiger partial charge on any atom is -0.472 e. The summed E-state index contributed by atoms with van der Waals surface area (Å²) in [7, 11) is 0. The van der Waals surface area contributed by atoms with Gasteiger partial charge in [0.2, 0.25) is 0 Å². The molecule has 0 amide bonds. The zero-order valence-corrected chi connectivity index (χ0v) is 17.0. The Morgan fingerprint density at radius 1 is 1.29 bits per heavy atom. The summed E-state index contributed by atoms with van der Waals surface area (Å²) in [4.78, 5) is 11.9. The van der Waals surface area contributed by atoms with E-state index in [4.69, 9.17) is 18.6 Å². The third kappa shape index (κ3) is 2.22. The van der Waals surface area contributed by atoms with Gasteiger partial charge < -0.3 is 23.7 Å². The number of fused-ring (bicyclic) bond motifs is 4. The summed E-state index contributed by atoms with van der Waals surface area (Å²) < 4.78 is 23.4. The zero-order chi connectivity index (χ0) is 19.9. The topological polar surface area (TPSA) is 81.4 Å². The molecule has 28 heavy (non-hydrogen) atoms. The van der Waals surface area contributed by atoms with Crippen molar-refractivity contribution in [2.45, 2.75) is 83.6 Å². The van der Waals surface area contributed by atoms with E-state index >= 15 is 0 Å². The number of hydrogen-bond acceptors (Lipinski definition) is 6. The Balaban J connectivity index is 1.59. The Morgan fingerprint density at radius 2 is 2.07 bits per heavy atom. The summed E-state index contributed by atoms with van der Waals surface area (Å²) in [6.45, 7) is 8.02. The number of hydrogen-bond donors (Lipinski definition) is 1. The molecule has 6 nitrogen and oxygen atoms in total. The molecule has 0 unspecified atom stereocenters. The monoisotopic (exact) mass is 390 g/mol. The highest BCUT2D eigenvalue weighted by Crippen LogP contribution is 2.73. The van der Waals surface area contributed by atoms with Gasteiger partial charge in [-0.15, -0.1) is 0 Å². The van der Waals surface area contributed by atoms with Crippen LogP contribution in [0.2, 0.25) is 0 Å². The fraction of sp³-hybridized carbons (Fsp3) is 0.773. The van der Waals surface area contributed by atoms with Gasteiger partial charge in [0.25, 0.3) is 0 Å². The van der Waals surface area contributed by atoms with Gasteiger partial charge in [-0.1, -0.05) is 13.8 Å². The number of aliphatic hydroxyl groups excluding tert-OH is 1. The number of ether oxygens (including phenoxy) is 3. The van der Waals surface area contributed by atoms with Crippen molar-refractivity contribution in [1.82, 2.24) is 0 Å². The summed E-state index contributed by atoms with van der Waals surface area (Å²) >= 11 is 0. The maximum absolute atomic E-state index is 11.9. The standard InChI is InChI=1S/C22H30O6/c1-12-15(26-13(2)23)9-20(3)17(5-6-18-21(20,4)28-18)22(12)10-16(27-19(22)24)14-7-8-25-11-14/h7-8,11-12,15-19,24H,5-6,9-10H2,1-4H3/t12-,15-,16-,17+,18-,19+,20-,21-,22-/m1/s1. The first-order valence-corrected chi connectivity index (χ1v) is 10.4. The van der Waals surface area contributed by atoms with E-state index in [0.717, 1.165) is 24.8 Å². The molecule has 5 rings (SSSR count). The van der Waals surface area contributed by atoms with Gasteiger partial charge >= 0.3 is 5.97 Å². The lowest BCUT2D eigenvalue weighted by Gasteiger charge is -2.61. The number of aliphatic hydroxyl groups is 1. The van der Waals surface area contributed by atoms with E-state index < -0.39 is 11.7 Å². The van der Waals surface area contributed by atoms with Gasteiger partial charge in [-0.2, -0.15) is 0 Å². The van der Waals surface area contributed by atoms with Crippen LogP contribution in [0.4, 0.5) is 0 Å². The molecule has 154 valence electrons. The average molecular weight is 390 g/mol. The third-order valence-corrected chi connectivity index (χ3v) is 8.77. The average Bonchev–Trinajstić information content (AvgIpc) is 2.98. The van der Waals surface area contributed by atoms with Crippen molar-refractivity contribution in [2.75, 3.05) is 0 Å². The van der Waals surface area contributed by atoms with Crippen LogP contribution in [-0.2, 0) is 19.0 Å². The van der Waals surface area contributed by atoms with Crippen LogP contribution in [-0.4, -0.2) is 35.2 Å². The van der Waals surface area contributed by atoms with Crippen molar-refractivity contribution < 1.29 is 28.5 Å². The normalized spacial score (nSPS) is 52.2. The van der Waals surface area contributed by atoms with Gasteiger partial charge in [0.15, 0.2) is 6.29 Å². The molecule has 4 fully saturated rings. The number of carbonyl (C=O) groups excluding carboxylic acids is 1. The molecule has 2 aliphatic carbocycles. The smallest absolute Gasteiger partial charge is 0.302 e. The van der Waals surface area contributed by atoms with Crippen LogP contribution in [0.25, 0.3) is 0 Å². The molecule has 1 aromatic heterocycles. The fourth-order valence-corrected chi connectivity index (χ4v) is 7.03. The Kier molecular flexibility index (Phi) is 3.88. The largest absolute Gasteiger partial charge is 0.472 e. The number of esters is 1. The fourth-order valence-electron chi connectivity index (χ4n) is 7.03. The molecule has 1 spiro atoms. The van der Waals surface area contributed by atoms with E-state index in [2.05, 4.69) is 20.8 Å². The Morgan fingerprint density at radius 3 is 2.75 bits per heavy atom. The molecule has 6 heteroatoms. The Hall–Kier alpha value is -1.37. The number of rotatable bonds is 2. The van der Waals surface area contributed by atoms with Gasteiger partial charge in [0, 0.05) is 29.2 Å². The van der Waals surface area contributed by atoms with E-state index in [1.807, 2.05) is 6.07 Å². The molecule has 4 aliphatic rings. The first kappa shape index (κ1) is 18.6. The number of carbonyl (C=O) groups is 1. The molecule has 0 aromatic carbocycles. The number of furan rings is 1. The molecule has 1 N–H and O–H groups in total. The summed E-state index contributed by atoms with van der Waals surface area (Å²) in [5.74, 6) is -0.0548. The summed E-state index contributed by atoms with van der Waals surface area (Å²) in [5.41, 5.74) is 0.0456. The highest BCUT2D eigenvalue weighted by atomic mass is 16.6. The van der Waals surface area contributed by atoms with Crippen LogP contribution >= 0.6 is 0 Å². The van der Waals surface area contributed by atoms with E-state index in [1.165, 1.54) is 6.92 Å². The lowest BCUT2D eigenvalue weighted by atomic mass is 9.43. The van der Waals surface area contributed by atoms with Crippen LogP contribution in [0.5, 0.6) is 0 Å². The van der Waals surface area contributed by atoms with Gasteiger partial charge in [-0.3, -0.25) is 4.79 Å². The zero-order valence-electron chi connectivity index (χ0n) is 17.0. The first-order chi connectivity index (χ1) is 13.2. The van der Waals surface area contributed by atoms with Crippen molar-refractivity contribution in [3.8, 4) is 0 Å². The van der Waals surface area contributed by atoms with Crippen molar-refractivity contribution in [1.29, 1.82) is 0 Å². The molecule has 3 heterocycles. The molecule has 0 bridgehead atoms. The third-order valence-electron chi connectivity index (χ3n) is 8.77. The van der Waals surface area contributed by atoms with E-state index in [0.29, 0.717) is 6.42 Å². The maximum atomic E-state index is 11.9. The highest BCUT2D eigenvalue weighted by Gasteiger charge is 2.76. The van der Waals surface area contributed by atoms with Crippen molar-refractivity contribution >= 4 is 5.97 Å². The van der Waals surface area contributed by atoms with Crippen LogP contribution in [0.3, 0.4) is 0 Å². The second-order valence-electron chi connectivity index (χ2n) is 9.75. The van der Waals surface area contributed by atoms with Gasteiger partial charge in [0.1, 0.15) is 6.10 Å². The highest BCUT2D eigenvalue weighted by molar-refractivity contribution is 5.66. The molecule has 2 saturated carbocycles. The summed E-state index contributed by atoms with van der Waals surface area (Å²) in [6.07, 6.45) is 5.64. The molecular formula is C22H30O6. The van der Waals surface area contributed by atoms with Crippen molar-refractivity contribution in [2.24, 2.45) is 22.7 Å². The SMILES string of the molecule is CC(=O)O[C@@H]1C[C@]2(C)[C@H](CC[C@H]3O[C@]32C)[C@@]2(C[C@H](c3ccoc3)O[C@@H]2O)[C@@H]1C. The number of epoxide rings is 1. The van der Waals surface area contributed by atoms with Crippen molar-refractivity contribution in [3.05, 3.63) is 24.2 Å². The van der Waals surface area contributed by atoms with Gasteiger partial charge in [0.05, 0.1) is 30.3 Å². The molecule has 2 saturated heterocycles. The molecule has 1 aromatic rings. The van der Waals surface area contributed by atoms with Crippen LogP contribution < -0.4 is 0 Å². The Bertz CT molecular complexity index is 776. The first-order valence-electron chi connectivity index (χ1n) is 10.4. The van der Waals surface area contributed by atoms with Crippen LogP contribution in [0.15, 0.2) is 23.0 Å².